The van der Waals surface area contributed by atoms with Crippen LogP contribution in [0, 0.1) is 17.8 Å². The summed E-state index contributed by atoms with van der Waals surface area (Å²) < 4.78 is 24.6. The van der Waals surface area contributed by atoms with Gasteiger partial charge in [0.25, 0.3) is 0 Å². The van der Waals surface area contributed by atoms with Crippen LogP contribution in [0.25, 0.3) is 0 Å². The molecule has 0 aromatic heterocycles. The smallest absolute Gasteiger partial charge is 0.211 e. The fraction of sp³-hybridized carbons (Fsp3) is 1.00. The summed E-state index contributed by atoms with van der Waals surface area (Å²) in [7, 11) is -2.99. The number of hydrogen-bond donors (Lipinski definition) is 1. The van der Waals surface area contributed by atoms with E-state index >= 15 is 0 Å². The number of rotatable bonds is 4. The maximum absolute atomic E-state index is 11.5. The third kappa shape index (κ3) is 4.17. The summed E-state index contributed by atoms with van der Waals surface area (Å²) in [6.07, 6.45) is 6.17. The molecule has 0 unspecified atom stereocenters. The minimum atomic E-state index is -2.99. The Bertz CT molecular complexity index is 396. The fourth-order valence-corrected chi connectivity index (χ4v) is 4.25. The van der Waals surface area contributed by atoms with Crippen LogP contribution in [-0.2, 0) is 10.0 Å². The third-order valence-corrected chi connectivity index (χ3v) is 6.28. The van der Waals surface area contributed by atoms with E-state index < -0.39 is 10.0 Å². The van der Waals surface area contributed by atoms with Crippen molar-refractivity contribution < 1.29 is 8.42 Å². The Hall–Kier alpha value is -0.130. The molecule has 1 saturated heterocycles. The first kappa shape index (κ1) is 15.3. The molecular formula is C14H28N2O2S. The van der Waals surface area contributed by atoms with E-state index in [1.807, 2.05) is 0 Å². The zero-order chi connectivity index (χ0) is 14.0. The zero-order valence-electron chi connectivity index (χ0n) is 12.4. The molecule has 1 aliphatic heterocycles. The molecule has 1 heterocycles. The Morgan fingerprint density at radius 3 is 2.47 bits per heavy atom. The molecule has 1 saturated carbocycles. The SMILES string of the molecule is C[C@@H]1CC[C@H](NC[C@@H]2CCN(S(C)(=O)=O)C2)C[C@H]1C. The van der Waals surface area contributed by atoms with Crippen LogP contribution in [0.2, 0.25) is 0 Å². The van der Waals surface area contributed by atoms with Crippen molar-refractivity contribution in [3.63, 3.8) is 0 Å². The highest BCUT2D eigenvalue weighted by atomic mass is 32.2. The van der Waals surface area contributed by atoms with Crippen molar-refractivity contribution in [2.75, 3.05) is 25.9 Å². The van der Waals surface area contributed by atoms with Crippen molar-refractivity contribution >= 4 is 10.0 Å². The van der Waals surface area contributed by atoms with E-state index in [4.69, 9.17) is 0 Å². The van der Waals surface area contributed by atoms with Crippen molar-refractivity contribution in [1.29, 1.82) is 0 Å². The van der Waals surface area contributed by atoms with E-state index in [1.54, 1.807) is 4.31 Å². The van der Waals surface area contributed by atoms with Gasteiger partial charge in [-0.3, -0.25) is 0 Å². The van der Waals surface area contributed by atoms with Crippen LogP contribution in [0.4, 0.5) is 0 Å². The van der Waals surface area contributed by atoms with Gasteiger partial charge in [-0.1, -0.05) is 13.8 Å². The van der Waals surface area contributed by atoms with E-state index in [0.717, 1.165) is 24.8 Å². The van der Waals surface area contributed by atoms with Crippen LogP contribution in [0.15, 0.2) is 0 Å². The molecule has 1 N–H and O–H groups in total. The molecule has 0 amide bonds. The molecule has 4 nitrogen and oxygen atoms in total. The summed E-state index contributed by atoms with van der Waals surface area (Å²) in [5, 5.41) is 3.67. The van der Waals surface area contributed by atoms with E-state index in [2.05, 4.69) is 19.2 Å². The lowest BCUT2D eigenvalue weighted by Crippen LogP contribution is -2.39. The van der Waals surface area contributed by atoms with Crippen LogP contribution >= 0.6 is 0 Å². The topological polar surface area (TPSA) is 49.4 Å². The molecular weight excluding hydrogens is 260 g/mol. The Morgan fingerprint density at radius 1 is 1.16 bits per heavy atom. The van der Waals surface area contributed by atoms with Crippen LogP contribution in [0.5, 0.6) is 0 Å². The highest BCUT2D eigenvalue weighted by Crippen LogP contribution is 2.29. The molecule has 5 heteroatoms. The first-order valence-corrected chi connectivity index (χ1v) is 9.39. The number of nitrogens with zero attached hydrogens (tertiary/aromatic N) is 1. The van der Waals surface area contributed by atoms with Crippen molar-refractivity contribution in [2.24, 2.45) is 17.8 Å². The van der Waals surface area contributed by atoms with Gasteiger partial charge in [-0.2, -0.15) is 0 Å². The molecule has 19 heavy (non-hydrogen) atoms. The summed E-state index contributed by atoms with van der Waals surface area (Å²) in [5.74, 6) is 2.15. The predicted molar refractivity (Wildman–Crippen MR) is 78.5 cm³/mol. The lowest BCUT2D eigenvalue weighted by molar-refractivity contribution is 0.221. The van der Waals surface area contributed by atoms with Gasteiger partial charge >= 0.3 is 0 Å². The van der Waals surface area contributed by atoms with Crippen molar-refractivity contribution in [3.05, 3.63) is 0 Å². The molecule has 2 rings (SSSR count). The largest absolute Gasteiger partial charge is 0.314 e. The summed E-state index contributed by atoms with van der Waals surface area (Å²) in [6, 6.07) is 0.637. The molecule has 0 spiro atoms. The Labute approximate surface area is 118 Å². The average molecular weight is 288 g/mol. The summed E-state index contributed by atoms with van der Waals surface area (Å²) >= 11 is 0. The molecule has 1 aliphatic carbocycles. The summed E-state index contributed by atoms with van der Waals surface area (Å²) in [6.45, 7) is 7.06. The van der Waals surface area contributed by atoms with Crippen molar-refractivity contribution in [1.82, 2.24) is 9.62 Å². The zero-order valence-corrected chi connectivity index (χ0v) is 13.2. The first-order chi connectivity index (χ1) is 8.86. The minimum Gasteiger partial charge on any atom is -0.314 e. The van der Waals surface area contributed by atoms with Gasteiger partial charge in [-0.05, 0) is 50.0 Å². The van der Waals surface area contributed by atoms with Crippen LogP contribution < -0.4 is 5.32 Å². The fourth-order valence-electron chi connectivity index (χ4n) is 3.33. The molecule has 0 aromatic rings. The number of sulfonamides is 1. The second kappa shape index (κ2) is 6.10. The number of nitrogens with one attached hydrogen (secondary N) is 1. The van der Waals surface area contributed by atoms with Gasteiger partial charge in [0.2, 0.25) is 10.0 Å². The van der Waals surface area contributed by atoms with Crippen LogP contribution in [0.3, 0.4) is 0 Å². The standard InChI is InChI=1S/C14H28N2O2S/c1-11-4-5-14(8-12(11)2)15-9-13-6-7-16(10-13)19(3,17)18/h11-15H,4-10H2,1-3H3/t11-,12-,13+,14+/m1/s1. The highest BCUT2D eigenvalue weighted by Gasteiger charge is 2.30. The number of hydrogen-bond acceptors (Lipinski definition) is 3. The molecule has 2 aliphatic rings. The third-order valence-electron chi connectivity index (χ3n) is 5.01. The van der Waals surface area contributed by atoms with E-state index in [1.165, 1.54) is 25.5 Å². The molecule has 0 bridgehead atoms. The Morgan fingerprint density at radius 2 is 1.89 bits per heavy atom. The summed E-state index contributed by atoms with van der Waals surface area (Å²) in [5.41, 5.74) is 0. The van der Waals surface area contributed by atoms with Gasteiger partial charge in [-0.25, -0.2) is 12.7 Å². The van der Waals surface area contributed by atoms with Crippen LogP contribution in [-0.4, -0.2) is 44.7 Å². The molecule has 4 atom stereocenters. The lowest BCUT2D eigenvalue weighted by atomic mass is 9.79. The van der Waals surface area contributed by atoms with Crippen molar-refractivity contribution in [2.45, 2.75) is 45.6 Å². The molecule has 2 fully saturated rings. The van der Waals surface area contributed by atoms with Gasteiger partial charge in [-0.15, -0.1) is 0 Å². The second-order valence-corrected chi connectivity index (χ2v) is 8.63. The molecule has 112 valence electrons. The minimum absolute atomic E-state index is 0.490. The first-order valence-electron chi connectivity index (χ1n) is 7.54. The second-order valence-electron chi connectivity index (χ2n) is 6.65. The molecule has 0 radical (unpaired) electrons. The van der Waals surface area contributed by atoms with Gasteiger partial charge < -0.3 is 5.32 Å². The van der Waals surface area contributed by atoms with Gasteiger partial charge in [0.15, 0.2) is 0 Å². The quantitative estimate of drug-likeness (QED) is 0.856. The van der Waals surface area contributed by atoms with E-state index in [0.29, 0.717) is 25.0 Å². The average Bonchev–Trinajstić information content (AvgIpc) is 2.79. The van der Waals surface area contributed by atoms with E-state index in [9.17, 15) is 8.42 Å². The normalized spacial score (nSPS) is 37.6. The predicted octanol–water partition coefficient (Wildman–Crippen LogP) is 1.68. The van der Waals surface area contributed by atoms with Gasteiger partial charge in [0.05, 0.1) is 6.26 Å². The maximum atomic E-state index is 11.5. The maximum Gasteiger partial charge on any atom is 0.211 e. The monoisotopic (exact) mass is 288 g/mol. The van der Waals surface area contributed by atoms with Crippen molar-refractivity contribution in [3.8, 4) is 0 Å². The Kier molecular flexibility index (Phi) is 4.90. The Balaban J connectivity index is 1.72. The van der Waals surface area contributed by atoms with Crippen LogP contribution in [0.1, 0.15) is 39.5 Å². The summed E-state index contributed by atoms with van der Waals surface area (Å²) in [4.78, 5) is 0. The molecule has 0 aromatic carbocycles. The highest BCUT2D eigenvalue weighted by molar-refractivity contribution is 7.88. The van der Waals surface area contributed by atoms with E-state index in [-0.39, 0.29) is 0 Å². The van der Waals surface area contributed by atoms with Gasteiger partial charge in [0, 0.05) is 19.1 Å². The lowest BCUT2D eigenvalue weighted by Gasteiger charge is -2.33. The van der Waals surface area contributed by atoms with Gasteiger partial charge in [0.1, 0.15) is 0 Å².